The number of hydrogen-bond donors (Lipinski definition) is 0. The third-order valence-electron chi connectivity index (χ3n) is 5.83. The Balaban J connectivity index is 1.54. The minimum Gasteiger partial charge on any atom is -0.368 e. The fraction of sp³-hybridized carbons (Fsp3) is 0.240. The number of benzene rings is 3. The molecule has 1 aliphatic rings. The normalized spacial score (nSPS) is 14.2. The molecule has 0 N–H and O–H groups in total. The Morgan fingerprint density at radius 2 is 1.50 bits per heavy atom. The largest absolute Gasteiger partial charge is 0.368 e. The first-order valence-corrected chi connectivity index (χ1v) is 12.3. The topological polar surface area (TPSA) is 60.9 Å². The molecule has 6 nitrogen and oxygen atoms in total. The van der Waals surface area contributed by atoms with Crippen molar-refractivity contribution in [3.8, 4) is 0 Å². The molecule has 1 heterocycles. The van der Waals surface area contributed by atoms with Gasteiger partial charge in [-0.2, -0.15) is 0 Å². The molecular formula is C25H25F2N3O3S. The second-order valence-electron chi connectivity index (χ2n) is 8.12. The van der Waals surface area contributed by atoms with E-state index in [1.807, 2.05) is 11.8 Å². The van der Waals surface area contributed by atoms with Gasteiger partial charge in [0.05, 0.1) is 10.6 Å². The Morgan fingerprint density at radius 1 is 0.882 bits per heavy atom. The van der Waals surface area contributed by atoms with Crippen LogP contribution in [-0.4, -0.2) is 51.9 Å². The van der Waals surface area contributed by atoms with Gasteiger partial charge in [0.15, 0.2) is 0 Å². The highest BCUT2D eigenvalue weighted by Gasteiger charge is 2.31. The quantitative estimate of drug-likeness (QED) is 0.533. The van der Waals surface area contributed by atoms with Gasteiger partial charge in [0, 0.05) is 31.9 Å². The molecule has 1 aliphatic heterocycles. The van der Waals surface area contributed by atoms with Gasteiger partial charge in [0.2, 0.25) is 5.91 Å². The standard InChI is InChI=1S/C25H25F2N3O3S/c1-19-6-12-22(13-7-19)34(32,33)30(24-5-3-2-4-23(24)27)18-25(31)29-16-14-28(15-17-29)21-10-8-20(26)9-11-21/h2-13H,14-18H2,1H3. The molecule has 3 aromatic carbocycles. The molecule has 178 valence electrons. The van der Waals surface area contributed by atoms with E-state index < -0.39 is 28.3 Å². The average Bonchev–Trinajstić information content (AvgIpc) is 2.84. The summed E-state index contributed by atoms with van der Waals surface area (Å²) in [4.78, 5) is 16.7. The van der Waals surface area contributed by atoms with E-state index in [4.69, 9.17) is 0 Å². The average molecular weight is 486 g/mol. The van der Waals surface area contributed by atoms with Crippen molar-refractivity contribution in [1.82, 2.24) is 4.90 Å². The van der Waals surface area contributed by atoms with Gasteiger partial charge in [-0.15, -0.1) is 0 Å². The molecule has 1 saturated heterocycles. The molecule has 0 bridgehead atoms. The molecule has 4 rings (SSSR count). The lowest BCUT2D eigenvalue weighted by Crippen LogP contribution is -2.52. The third kappa shape index (κ3) is 5.04. The van der Waals surface area contributed by atoms with Crippen LogP contribution in [0.15, 0.2) is 77.7 Å². The maximum Gasteiger partial charge on any atom is 0.264 e. The second-order valence-corrected chi connectivity index (χ2v) is 9.98. The lowest BCUT2D eigenvalue weighted by atomic mass is 10.2. The molecule has 0 saturated carbocycles. The summed E-state index contributed by atoms with van der Waals surface area (Å²) in [6, 6.07) is 17.8. The number of anilines is 2. The van der Waals surface area contributed by atoms with E-state index >= 15 is 0 Å². The van der Waals surface area contributed by atoms with E-state index in [2.05, 4.69) is 0 Å². The zero-order valence-electron chi connectivity index (χ0n) is 18.7. The van der Waals surface area contributed by atoms with Crippen molar-refractivity contribution in [1.29, 1.82) is 0 Å². The van der Waals surface area contributed by atoms with Gasteiger partial charge in [-0.3, -0.25) is 9.10 Å². The molecule has 34 heavy (non-hydrogen) atoms. The highest BCUT2D eigenvalue weighted by atomic mass is 32.2. The van der Waals surface area contributed by atoms with Gasteiger partial charge >= 0.3 is 0 Å². The highest BCUT2D eigenvalue weighted by molar-refractivity contribution is 7.92. The maximum absolute atomic E-state index is 14.6. The number of sulfonamides is 1. The summed E-state index contributed by atoms with van der Waals surface area (Å²) in [5.74, 6) is -1.47. The summed E-state index contributed by atoms with van der Waals surface area (Å²) in [7, 11) is -4.19. The van der Waals surface area contributed by atoms with Crippen LogP contribution in [0.1, 0.15) is 5.56 Å². The molecule has 3 aromatic rings. The monoisotopic (exact) mass is 485 g/mol. The summed E-state index contributed by atoms with van der Waals surface area (Å²) >= 11 is 0. The van der Waals surface area contributed by atoms with Gasteiger partial charge in [0.1, 0.15) is 18.2 Å². The first-order chi connectivity index (χ1) is 16.3. The van der Waals surface area contributed by atoms with Gasteiger partial charge < -0.3 is 9.80 Å². The van der Waals surface area contributed by atoms with Crippen LogP contribution in [0.4, 0.5) is 20.2 Å². The fourth-order valence-corrected chi connectivity index (χ4v) is 5.30. The van der Waals surface area contributed by atoms with Crippen LogP contribution in [0, 0.1) is 18.6 Å². The molecule has 0 atom stereocenters. The third-order valence-corrected chi connectivity index (χ3v) is 7.61. The predicted octanol–water partition coefficient (Wildman–Crippen LogP) is 3.82. The number of carbonyl (C=O) groups excluding carboxylic acids is 1. The van der Waals surface area contributed by atoms with Gasteiger partial charge in [-0.05, 0) is 55.5 Å². The van der Waals surface area contributed by atoms with Crippen LogP contribution >= 0.6 is 0 Å². The predicted molar refractivity (Wildman–Crippen MR) is 127 cm³/mol. The molecule has 0 aromatic heterocycles. The van der Waals surface area contributed by atoms with Crippen molar-refractivity contribution < 1.29 is 22.0 Å². The van der Waals surface area contributed by atoms with Crippen molar-refractivity contribution in [3.63, 3.8) is 0 Å². The minimum atomic E-state index is -4.19. The second kappa shape index (κ2) is 9.80. The van der Waals surface area contributed by atoms with Crippen LogP contribution in [0.5, 0.6) is 0 Å². The number of rotatable bonds is 6. The molecule has 0 aliphatic carbocycles. The SMILES string of the molecule is Cc1ccc(S(=O)(=O)N(CC(=O)N2CCN(c3ccc(F)cc3)CC2)c2ccccc2F)cc1. The lowest BCUT2D eigenvalue weighted by Gasteiger charge is -2.37. The Kier molecular flexibility index (Phi) is 6.83. The molecule has 0 radical (unpaired) electrons. The zero-order valence-corrected chi connectivity index (χ0v) is 19.5. The highest BCUT2D eigenvalue weighted by Crippen LogP contribution is 2.27. The van der Waals surface area contributed by atoms with E-state index in [1.54, 1.807) is 29.2 Å². The zero-order chi connectivity index (χ0) is 24.3. The van der Waals surface area contributed by atoms with Crippen LogP contribution < -0.4 is 9.21 Å². The van der Waals surface area contributed by atoms with E-state index in [-0.39, 0.29) is 16.4 Å². The van der Waals surface area contributed by atoms with Crippen LogP contribution in [0.25, 0.3) is 0 Å². The maximum atomic E-state index is 14.6. The molecule has 0 spiro atoms. The van der Waals surface area contributed by atoms with Crippen molar-refractivity contribution in [2.75, 3.05) is 41.9 Å². The summed E-state index contributed by atoms with van der Waals surface area (Å²) < 4.78 is 55.5. The number of aryl methyl sites for hydroxylation is 1. The summed E-state index contributed by atoms with van der Waals surface area (Å²) in [5.41, 5.74) is 1.55. The van der Waals surface area contributed by atoms with Crippen LogP contribution in [-0.2, 0) is 14.8 Å². The van der Waals surface area contributed by atoms with Crippen molar-refractivity contribution in [2.45, 2.75) is 11.8 Å². The summed E-state index contributed by atoms with van der Waals surface area (Å²) in [5, 5.41) is 0. The van der Waals surface area contributed by atoms with E-state index in [1.165, 1.54) is 48.5 Å². The van der Waals surface area contributed by atoms with Gasteiger partial charge in [-0.1, -0.05) is 29.8 Å². The van der Waals surface area contributed by atoms with Crippen LogP contribution in [0.2, 0.25) is 0 Å². The van der Waals surface area contributed by atoms with Gasteiger partial charge in [0.25, 0.3) is 10.0 Å². The number of halogens is 2. The molecular weight excluding hydrogens is 460 g/mol. The Bertz CT molecular complexity index is 1260. The Morgan fingerprint density at radius 3 is 2.12 bits per heavy atom. The van der Waals surface area contributed by atoms with Crippen molar-refractivity contribution in [3.05, 3.63) is 90.0 Å². The van der Waals surface area contributed by atoms with Crippen LogP contribution in [0.3, 0.4) is 0 Å². The first kappa shape index (κ1) is 23.7. The first-order valence-electron chi connectivity index (χ1n) is 10.9. The fourth-order valence-electron chi connectivity index (χ4n) is 3.88. The number of amides is 1. The number of para-hydroxylation sites is 1. The lowest BCUT2D eigenvalue weighted by molar-refractivity contribution is -0.129. The molecule has 1 fully saturated rings. The number of nitrogens with zero attached hydrogens (tertiary/aromatic N) is 3. The van der Waals surface area contributed by atoms with E-state index in [9.17, 15) is 22.0 Å². The number of hydrogen-bond acceptors (Lipinski definition) is 4. The molecule has 9 heteroatoms. The molecule has 0 unspecified atom stereocenters. The minimum absolute atomic E-state index is 0.0183. The smallest absolute Gasteiger partial charge is 0.264 e. The number of carbonyl (C=O) groups is 1. The number of piperazine rings is 1. The Labute approximate surface area is 198 Å². The summed E-state index contributed by atoms with van der Waals surface area (Å²) in [6.45, 7) is 3.08. The van der Waals surface area contributed by atoms with Gasteiger partial charge in [-0.25, -0.2) is 17.2 Å². The molecule has 1 amide bonds. The summed E-state index contributed by atoms with van der Waals surface area (Å²) in [6.07, 6.45) is 0. The van der Waals surface area contributed by atoms with Crippen molar-refractivity contribution >= 4 is 27.3 Å². The van der Waals surface area contributed by atoms with E-state index in [0.29, 0.717) is 26.2 Å². The Hall–Kier alpha value is -3.46. The van der Waals surface area contributed by atoms with E-state index in [0.717, 1.165) is 15.6 Å². The van der Waals surface area contributed by atoms with Crippen molar-refractivity contribution in [2.24, 2.45) is 0 Å².